The molecule has 0 aliphatic carbocycles. The van der Waals surface area contributed by atoms with Gasteiger partial charge in [-0.2, -0.15) is 0 Å². The van der Waals surface area contributed by atoms with Crippen LogP contribution in [0.25, 0.3) is 0 Å². The predicted molar refractivity (Wildman–Crippen MR) is 75.7 cm³/mol. The number of carboxylic acid groups (broad SMARTS) is 1. The molecule has 1 heterocycles. The first-order valence-electron chi connectivity index (χ1n) is 7.26. The Hall–Kier alpha value is -1.79. The molecule has 7 heteroatoms. The SMILES string of the molecule is CCCCC(NC(=O)N1CC(C)C(C(=O)OC)C1)C(=O)O. The number of urea groups is 1. The molecule has 1 saturated heterocycles. The zero-order valence-corrected chi connectivity index (χ0v) is 12.8. The predicted octanol–water partition coefficient (Wildman–Crippen LogP) is 1.08. The maximum Gasteiger partial charge on any atom is 0.326 e. The van der Waals surface area contributed by atoms with E-state index in [1.54, 1.807) is 0 Å². The summed E-state index contributed by atoms with van der Waals surface area (Å²) in [6, 6.07) is -1.32. The maximum atomic E-state index is 12.1. The van der Waals surface area contributed by atoms with Gasteiger partial charge in [0, 0.05) is 13.1 Å². The van der Waals surface area contributed by atoms with Crippen LogP contribution in [-0.4, -0.2) is 54.2 Å². The Kier molecular flexibility index (Phi) is 6.45. The van der Waals surface area contributed by atoms with Crippen LogP contribution in [0.4, 0.5) is 4.79 Å². The van der Waals surface area contributed by atoms with Crippen LogP contribution in [0.5, 0.6) is 0 Å². The number of rotatable bonds is 6. The van der Waals surface area contributed by atoms with E-state index < -0.39 is 18.0 Å². The lowest BCUT2D eigenvalue weighted by atomic mass is 9.99. The molecule has 1 aliphatic rings. The summed E-state index contributed by atoms with van der Waals surface area (Å²) in [6.45, 7) is 4.52. The highest BCUT2D eigenvalue weighted by Gasteiger charge is 2.38. The number of amides is 2. The molecule has 2 amide bonds. The number of esters is 1. The summed E-state index contributed by atoms with van der Waals surface area (Å²) in [5.74, 6) is -1.71. The Bertz CT molecular complexity index is 399. The second kappa shape index (κ2) is 7.85. The topological polar surface area (TPSA) is 95.9 Å². The van der Waals surface area contributed by atoms with Gasteiger partial charge in [0.15, 0.2) is 0 Å². The molecule has 0 bridgehead atoms. The maximum absolute atomic E-state index is 12.1. The molecule has 120 valence electrons. The van der Waals surface area contributed by atoms with E-state index in [1.165, 1.54) is 12.0 Å². The molecule has 0 spiro atoms. The summed E-state index contributed by atoms with van der Waals surface area (Å²) >= 11 is 0. The Labute approximate surface area is 124 Å². The molecular formula is C14H24N2O5. The van der Waals surface area contributed by atoms with E-state index in [0.29, 0.717) is 13.0 Å². The van der Waals surface area contributed by atoms with Crippen molar-refractivity contribution in [3.05, 3.63) is 0 Å². The molecule has 1 aliphatic heterocycles. The van der Waals surface area contributed by atoms with E-state index in [9.17, 15) is 14.4 Å². The summed E-state index contributed by atoms with van der Waals surface area (Å²) in [6.07, 6.45) is 2.00. The van der Waals surface area contributed by atoms with Gasteiger partial charge in [0.25, 0.3) is 0 Å². The minimum absolute atomic E-state index is 0.00196. The van der Waals surface area contributed by atoms with Crippen molar-refractivity contribution in [3.63, 3.8) is 0 Å². The molecule has 0 aromatic carbocycles. The summed E-state index contributed by atoms with van der Waals surface area (Å²) in [4.78, 5) is 36.3. The fourth-order valence-electron chi connectivity index (χ4n) is 2.50. The number of likely N-dealkylation sites (tertiary alicyclic amines) is 1. The molecule has 21 heavy (non-hydrogen) atoms. The normalized spacial score (nSPS) is 22.7. The fraction of sp³-hybridized carbons (Fsp3) is 0.786. The van der Waals surface area contributed by atoms with E-state index in [4.69, 9.17) is 9.84 Å². The monoisotopic (exact) mass is 300 g/mol. The first kappa shape index (κ1) is 17.3. The number of ether oxygens (including phenoxy) is 1. The number of aliphatic carboxylic acids is 1. The summed E-state index contributed by atoms with van der Waals surface area (Å²) < 4.78 is 4.71. The third-order valence-corrected chi connectivity index (χ3v) is 3.85. The largest absolute Gasteiger partial charge is 0.480 e. The number of carbonyl (C=O) groups is 3. The van der Waals surface area contributed by atoms with Crippen LogP contribution >= 0.6 is 0 Å². The molecule has 0 aromatic rings. The smallest absolute Gasteiger partial charge is 0.326 e. The third-order valence-electron chi connectivity index (χ3n) is 3.85. The second-order valence-corrected chi connectivity index (χ2v) is 5.49. The van der Waals surface area contributed by atoms with Gasteiger partial charge in [-0.25, -0.2) is 9.59 Å². The Morgan fingerprint density at radius 2 is 2.05 bits per heavy atom. The van der Waals surface area contributed by atoms with Crippen molar-refractivity contribution < 1.29 is 24.2 Å². The lowest BCUT2D eigenvalue weighted by molar-refractivity contribution is -0.146. The molecule has 7 nitrogen and oxygen atoms in total. The lowest BCUT2D eigenvalue weighted by Crippen LogP contribution is -2.47. The van der Waals surface area contributed by atoms with Gasteiger partial charge in [-0.15, -0.1) is 0 Å². The van der Waals surface area contributed by atoms with Crippen molar-refractivity contribution in [2.45, 2.75) is 39.2 Å². The van der Waals surface area contributed by atoms with E-state index >= 15 is 0 Å². The van der Waals surface area contributed by atoms with Crippen LogP contribution in [0.1, 0.15) is 33.1 Å². The van der Waals surface area contributed by atoms with E-state index in [0.717, 1.165) is 12.8 Å². The van der Waals surface area contributed by atoms with Crippen LogP contribution in [-0.2, 0) is 14.3 Å². The Morgan fingerprint density at radius 3 is 2.57 bits per heavy atom. The number of unbranched alkanes of at least 4 members (excludes halogenated alkanes) is 1. The third kappa shape index (κ3) is 4.61. The van der Waals surface area contributed by atoms with Gasteiger partial charge in [0.1, 0.15) is 6.04 Å². The molecule has 0 radical (unpaired) electrons. The van der Waals surface area contributed by atoms with E-state index in [2.05, 4.69) is 5.32 Å². The van der Waals surface area contributed by atoms with Crippen molar-refractivity contribution in [3.8, 4) is 0 Å². The number of hydrogen-bond donors (Lipinski definition) is 2. The number of nitrogens with zero attached hydrogens (tertiary/aromatic N) is 1. The molecular weight excluding hydrogens is 276 g/mol. The van der Waals surface area contributed by atoms with Gasteiger partial charge in [-0.05, 0) is 12.3 Å². The molecule has 0 saturated carbocycles. The van der Waals surface area contributed by atoms with Crippen LogP contribution in [0.15, 0.2) is 0 Å². The zero-order valence-electron chi connectivity index (χ0n) is 12.8. The van der Waals surface area contributed by atoms with Crippen LogP contribution in [0, 0.1) is 11.8 Å². The number of carbonyl (C=O) groups excluding carboxylic acids is 2. The fourth-order valence-corrected chi connectivity index (χ4v) is 2.50. The number of hydrogen-bond acceptors (Lipinski definition) is 4. The minimum atomic E-state index is -1.03. The lowest BCUT2D eigenvalue weighted by Gasteiger charge is -2.20. The van der Waals surface area contributed by atoms with Crippen molar-refractivity contribution in [2.75, 3.05) is 20.2 Å². The standard InChI is InChI=1S/C14H24N2O5/c1-4-5-6-11(12(17)18)15-14(20)16-7-9(2)10(8-16)13(19)21-3/h9-11H,4-8H2,1-3H3,(H,15,20)(H,17,18). The summed E-state index contributed by atoms with van der Waals surface area (Å²) in [5.41, 5.74) is 0. The van der Waals surface area contributed by atoms with Gasteiger partial charge < -0.3 is 20.1 Å². The molecule has 3 atom stereocenters. The average molecular weight is 300 g/mol. The highest BCUT2D eigenvalue weighted by Crippen LogP contribution is 2.24. The Morgan fingerprint density at radius 1 is 1.38 bits per heavy atom. The van der Waals surface area contributed by atoms with Gasteiger partial charge in [0.2, 0.25) is 0 Å². The van der Waals surface area contributed by atoms with Gasteiger partial charge in [0.05, 0.1) is 13.0 Å². The first-order valence-corrected chi connectivity index (χ1v) is 7.26. The van der Waals surface area contributed by atoms with Crippen LogP contribution < -0.4 is 5.32 Å². The summed E-state index contributed by atoms with van der Waals surface area (Å²) in [7, 11) is 1.32. The highest BCUT2D eigenvalue weighted by atomic mass is 16.5. The molecule has 1 fully saturated rings. The number of nitrogens with one attached hydrogen (secondary N) is 1. The molecule has 0 aromatic heterocycles. The molecule has 1 rings (SSSR count). The van der Waals surface area contributed by atoms with Crippen molar-refractivity contribution in [1.82, 2.24) is 10.2 Å². The minimum Gasteiger partial charge on any atom is -0.480 e. The van der Waals surface area contributed by atoms with Gasteiger partial charge in [-0.1, -0.05) is 26.7 Å². The quantitative estimate of drug-likeness (QED) is 0.716. The second-order valence-electron chi connectivity index (χ2n) is 5.49. The Balaban J connectivity index is 2.59. The van der Waals surface area contributed by atoms with Crippen LogP contribution in [0.2, 0.25) is 0 Å². The van der Waals surface area contributed by atoms with E-state index in [1.807, 2.05) is 13.8 Å². The van der Waals surface area contributed by atoms with Gasteiger partial charge >= 0.3 is 18.0 Å². The van der Waals surface area contributed by atoms with Gasteiger partial charge in [-0.3, -0.25) is 4.79 Å². The average Bonchev–Trinajstić information content (AvgIpc) is 2.84. The number of carboxylic acids is 1. The van der Waals surface area contributed by atoms with E-state index in [-0.39, 0.29) is 24.3 Å². The molecule has 3 unspecified atom stereocenters. The van der Waals surface area contributed by atoms with Crippen molar-refractivity contribution in [2.24, 2.45) is 11.8 Å². The van der Waals surface area contributed by atoms with Crippen LogP contribution in [0.3, 0.4) is 0 Å². The highest BCUT2D eigenvalue weighted by molar-refractivity contribution is 5.83. The van der Waals surface area contributed by atoms with Crippen molar-refractivity contribution in [1.29, 1.82) is 0 Å². The molecule has 2 N–H and O–H groups in total. The summed E-state index contributed by atoms with van der Waals surface area (Å²) in [5, 5.41) is 11.6. The first-order chi connectivity index (χ1) is 9.90. The number of methoxy groups -OCH3 is 1. The zero-order chi connectivity index (χ0) is 16.0. The van der Waals surface area contributed by atoms with Crippen molar-refractivity contribution >= 4 is 18.0 Å².